The standard InChI is InChI=1S/C17H12Cl2F3N5O3S2/c1-3-32(29,30)11-6-8(10-5-4-9(18)13(19)24-10)7-23-12(11)14(28)27(2)16-26-25-15(31-16)17(20,21)22/h4-7H,3H2,1-2H3. The predicted molar refractivity (Wildman–Crippen MR) is 113 cm³/mol. The van der Waals surface area contributed by atoms with E-state index in [0.717, 1.165) is 11.9 Å². The highest BCUT2D eigenvalue weighted by molar-refractivity contribution is 7.91. The summed E-state index contributed by atoms with van der Waals surface area (Å²) < 4.78 is 63.8. The Bertz CT molecular complexity index is 1300. The Morgan fingerprint density at radius 2 is 1.91 bits per heavy atom. The van der Waals surface area contributed by atoms with Gasteiger partial charge in [0, 0.05) is 18.8 Å². The SMILES string of the molecule is CCS(=O)(=O)c1cc(-c2ccc(Cl)c(Cl)n2)cnc1C(=O)N(C)c1nnc(C(F)(F)F)s1. The van der Waals surface area contributed by atoms with E-state index in [1.165, 1.54) is 31.3 Å². The topological polar surface area (TPSA) is 106 Å². The lowest BCUT2D eigenvalue weighted by Crippen LogP contribution is -2.29. The molecule has 0 radical (unpaired) electrons. The number of nitrogens with zero attached hydrogens (tertiary/aromatic N) is 5. The number of sulfone groups is 1. The second-order valence-corrected chi connectivity index (χ2v) is 10.2. The molecule has 0 atom stereocenters. The van der Waals surface area contributed by atoms with Crippen LogP contribution in [0.3, 0.4) is 0 Å². The molecule has 0 aliphatic carbocycles. The number of amides is 1. The van der Waals surface area contributed by atoms with Crippen LogP contribution in [0.15, 0.2) is 29.3 Å². The van der Waals surface area contributed by atoms with Crippen molar-refractivity contribution in [2.45, 2.75) is 18.0 Å². The largest absolute Gasteiger partial charge is 0.445 e. The van der Waals surface area contributed by atoms with Crippen molar-refractivity contribution in [2.24, 2.45) is 0 Å². The van der Waals surface area contributed by atoms with Crippen LogP contribution in [0.25, 0.3) is 11.3 Å². The molecule has 15 heteroatoms. The van der Waals surface area contributed by atoms with E-state index in [2.05, 4.69) is 20.2 Å². The van der Waals surface area contributed by atoms with E-state index in [4.69, 9.17) is 23.2 Å². The molecule has 0 aromatic carbocycles. The van der Waals surface area contributed by atoms with Crippen LogP contribution in [-0.2, 0) is 16.0 Å². The summed E-state index contributed by atoms with van der Waals surface area (Å²) >= 11 is 11.9. The van der Waals surface area contributed by atoms with Gasteiger partial charge < -0.3 is 0 Å². The molecule has 3 aromatic heterocycles. The molecule has 3 rings (SSSR count). The van der Waals surface area contributed by atoms with Gasteiger partial charge >= 0.3 is 6.18 Å². The summed E-state index contributed by atoms with van der Waals surface area (Å²) in [6, 6.07) is 4.14. The average Bonchev–Trinajstić information content (AvgIpc) is 3.25. The second-order valence-electron chi connectivity index (χ2n) is 6.20. The fourth-order valence-corrected chi connectivity index (χ4v) is 4.41. The number of carbonyl (C=O) groups is 1. The van der Waals surface area contributed by atoms with Gasteiger partial charge in [0.25, 0.3) is 5.91 Å². The van der Waals surface area contributed by atoms with E-state index in [1.807, 2.05) is 0 Å². The monoisotopic (exact) mass is 525 g/mol. The van der Waals surface area contributed by atoms with E-state index in [-0.39, 0.29) is 43.7 Å². The van der Waals surface area contributed by atoms with E-state index >= 15 is 0 Å². The van der Waals surface area contributed by atoms with Gasteiger partial charge in [0.2, 0.25) is 10.1 Å². The molecule has 32 heavy (non-hydrogen) atoms. The number of aromatic nitrogens is 4. The molecule has 0 saturated heterocycles. The molecule has 0 fully saturated rings. The summed E-state index contributed by atoms with van der Waals surface area (Å²) in [6.07, 6.45) is -3.53. The first-order valence-electron chi connectivity index (χ1n) is 8.59. The smallest absolute Gasteiger partial charge is 0.284 e. The molecule has 0 saturated carbocycles. The number of hydrogen-bond donors (Lipinski definition) is 0. The number of halogens is 5. The molecule has 3 aromatic rings. The molecule has 0 unspecified atom stereocenters. The lowest BCUT2D eigenvalue weighted by Gasteiger charge is -2.16. The second kappa shape index (κ2) is 8.89. The highest BCUT2D eigenvalue weighted by Crippen LogP contribution is 2.35. The molecule has 0 aliphatic rings. The number of alkyl halides is 3. The molecule has 0 N–H and O–H groups in total. The van der Waals surface area contributed by atoms with E-state index in [1.54, 1.807) is 0 Å². The summed E-state index contributed by atoms with van der Waals surface area (Å²) in [7, 11) is -2.83. The molecule has 0 aliphatic heterocycles. The molecule has 170 valence electrons. The third-order valence-electron chi connectivity index (χ3n) is 4.12. The Morgan fingerprint density at radius 3 is 2.47 bits per heavy atom. The third-order valence-corrected chi connectivity index (χ3v) is 7.59. The van der Waals surface area contributed by atoms with Crippen LogP contribution in [0.2, 0.25) is 10.2 Å². The van der Waals surface area contributed by atoms with E-state index in [9.17, 15) is 26.4 Å². The summed E-state index contributed by atoms with van der Waals surface area (Å²) in [6.45, 7) is 1.37. The van der Waals surface area contributed by atoms with Gasteiger partial charge in [-0.1, -0.05) is 41.5 Å². The van der Waals surface area contributed by atoms with Gasteiger partial charge in [-0.25, -0.2) is 18.4 Å². The summed E-state index contributed by atoms with van der Waals surface area (Å²) in [5.41, 5.74) is 0.0118. The average molecular weight is 526 g/mol. The van der Waals surface area contributed by atoms with Crippen molar-refractivity contribution in [1.82, 2.24) is 20.2 Å². The Kier molecular flexibility index (Phi) is 6.75. The molecule has 0 bridgehead atoms. The Morgan fingerprint density at radius 1 is 1.22 bits per heavy atom. The lowest BCUT2D eigenvalue weighted by molar-refractivity contribution is -0.138. The van der Waals surface area contributed by atoms with Gasteiger partial charge in [0.05, 0.1) is 21.4 Å². The van der Waals surface area contributed by atoms with Gasteiger partial charge in [-0.2, -0.15) is 13.2 Å². The fourth-order valence-electron chi connectivity index (χ4n) is 2.43. The normalized spacial score (nSPS) is 12.1. The Hall–Kier alpha value is -2.35. The minimum absolute atomic E-state index is 0.0132. The number of anilines is 1. The predicted octanol–water partition coefficient (Wildman–Crippen LogP) is 4.39. The summed E-state index contributed by atoms with van der Waals surface area (Å²) in [5, 5.41) is 4.94. The molecule has 8 nitrogen and oxygen atoms in total. The van der Waals surface area contributed by atoms with E-state index < -0.39 is 37.5 Å². The molecule has 3 heterocycles. The first-order chi connectivity index (χ1) is 14.8. The zero-order chi connectivity index (χ0) is 23.8. The van der Waals surface area contributed by atoms with Gasteiger partial charge in [0.15, 0.2) is 9.84 Å². The zero-order valence-corrected chi connectivity index (χ0v) is 19.3. The molecule has 0 spiro atoms. The lowest BCUT2D eigenvalue weighted by atomic mass is 10.1. The van der Waals surface area contributed by atoms with Crippen LogP contribution in [-0.4, -0.2) is 47.3 Å². The van der Waals surface area contributed by atoms with Crippen molar-refractivity contribution in [3.05, 3.63) is 45.3 Å². The van der Waals surface area contributed by atoms with Gasteiger partial charge in [-0.05, 0) is 18.2 Å². The van der Waals surface area contributed by atoms with Crippen molar-refractivity contribution in [1.29, 1.82) is 0 Å². The maximum atomic E-state index is 12.9. The number of pyridine rings is 2. The highest BCUT2D eigenvalue weighted by atomic mass is 35.5. The molecule has 1 amide bonds. The van der Waals surface area contributed by atoms with Gasteiger partial charge in [-0.3, -0.25) is 9.69 Å². The van der Waals surface area contributed by atoms with Crippen molar-refractivity contribution >= 4 is 55.4 Å². The van der Waals surface area contributed by atoms with Crippen molar-refractivity contribution < 1.29 is 26.4 Å². The van der Waals surface area contributed by atoms with Crippen LogP contribution in [0.4, 0.5) is 18.3 Å². The summed E-state index contributed by atoms with van der Waals surface area (Å²) in [4.78, 5) is 21.3. The number of rotatable bonds is 5. The van der Waals surface area contributed by atoms with E-state index in [0.29, 0.717) is 0 Å². The van der Waals surface area contributed by atoms with Gasteiger partial charge in [-0.15, -0.1) is 10.2 Å². The fraction of sp³-hybridized carbons (Fsp3) is 0.235. The maximum Gasteiger partial charge on any atom is 0.445 e. The quantitative estimate of drug-likeness (QED) is 0.454. The van der Waals surface area contributed by atoms with Crippen LogP contribution in [0, 0.1) is 0 Å². The van der Waals surface area contributed by atoms with Crippen LogP contribution in [0.1, 0.15) is 22.4 Å². The first kappa shape index (κ1) is 24.3. The van der Waals surface area contributed by atoms with Gasteiger partial charge in [0.1, 0.15) is 10.8 Å². The number of carbonyl (C=O) groups excluding carboxylic acids is 1. The highest BCUT2D eigenvalue weighted by Gasteiger charge is 2.37. The van der Waals surface area contributed by atoms with Crippen LogP contribution < -0.4 is 4.90 Å². The molecular weight excluding hydrogens is 514 g/mol. The third kappa shape index (κ3) is 4.85. The summed E-state index contributed by atoms with van der Waals surface area (Å²) in [5.74, 6) is -1.33. The minimum atomic E-state index is -4.73. The molecular formula is C17H12Cl2F3N5O3S2. The Labute approximate surface area is 194 Å². The number of hydrogen-bond acceptors (Lipinski definition) is 8. The maximum absolute atomic E-state index is 12.9. The van der Waals surface area contributed by atoms with Crippen LogP contribution in [0.5, 0.6) is 0 Å². The zero-order valence-electron chi connectivity index (χ0n) is 16.2. The first-order valence-corrected chi connectivity index (χ1v) is 11.8. The Balaban J connectivity index is 2.08. The van der Waals surface area contributed by atoms with Crippen molar-refractivity contribution in [3.63, 3.8) is 0 Å². The van der Waals surface area contributed by atoms with Crippen molar-refractivity contribution in [3.8, 4) is 11.3 Å². The van der Waals surface area contributed by atoms with Crippen molar-refractivity contribution in [2.75, 3.05) is 17.7 Å². The van der Waals surface area contributed by atoms with Crippen LogP contribution >= 0.6 is 34.5 Å². The minimum Gasteiger partial charge on any atom is -0.284 e.